The van der Waals surface area contributed by atoms with Crippen LogP contribution in [0.25, 0.3) is 22.4 Å². The highest BCUT2D eigenvalue weighted by molar-refractivity contribution is 5.94. The van der Waals surface area contributed by atoms with E-state index in [4.69, 9.17) is 9.47 Å². The molecule has 1 N–H and O–H groups in total. The lowest BCUT2D eigenvalue weighted by Crippen LogP contribution is -2.06. The number of ether oxygens (including phenoxy) is 2. The van der Waals surface area contributed by atoms with E-state index >= 15 is 0 Å². The number of nitrogens with one attached hydrogen (secondary N) is 1. The molecule has 1 aromatic heterocycles. The zero-order valence-corrected chi connectivity index (χ0v) is 13.7. The molecular weight excluding hydrogens is 325 g/mol. The minimum Gasteiger partial charge on any atom is -0.494 e. The average molecular weight is 341 g/mol. The molecule has 2 aromatic carbocycles. The predicted octanol–water partition coefficient (Wildman–Crippen LogP) is 3.46. The number of halogens is 1. The van der Waals surface area contributed by atoms with Crippen molar-refractivity contribution in [3.05, 3.63) is 54.0 Å². The van der Waals surface area contributed by atoms with Crippen LogP contribution in [0.5, 0.6) is 5.75 Å². The molecule has 0 spiro atoms. The number of carbonyl (C=O) groups is 1. The Morgan fingerprint density at radius 2 is 1.88 bits per heavy atom. The number of aromatic nitrogens is 3. The number of H-pyrrole nitrogens is 1. The number of aromatic amines is 1. The molecule has 3 rings (SSSR count). The van der Waals surface area contributed by atoms with E-state index in [0.717, 1.165) is 5.56 Å². The molecule has 3 aromatic rings. The lowest BCUT2D eigenvalue weighted by Gasteiger charge is -2.07. The second kappa shape index (κ2) is 7.12. The van der Waals surface area contributed by atoms with Gasteiger partial charge < -0.3 is 9.47 Å². The van der Waals surface area contributed by atoms with Gasteiger partial charge in [0.15, 0.2) is 17.3 Å². The topological polar surface area (TPSA) is 77.1 Å². The lowest BCUT2D eigenvalue weighted by atomic mass is 10.0. The van der Waals surface area contributed by atoms with E-state index in [1.54, 1.807) is 31.2 Å². The normalized spacial score (nSPS) is 10.5. The molecule has 0 radical (unpaired) electrons. The highest BCUT2D eigenvalue weighted by atomic mass is 19.1. The second-order valence-electron chi connectivity index (χ2n) is 5.17. The van der Waals surface area contributed by atoms with Gasteiger partial charge in [-0.1, -0.05) is 24.3 Å². The van der Waals surface area contributed by atoms with Gasteiger partial charge in [0, 0.05) is 5.56 Å². The number of hydrogen-bond donors (Lipinski definition) is 1. The van der Waals surface area contributed by atoms with Crippen LogP contribution in [0.3, 0.4) is 0 Å². The molecule has 128 valence electrons. The van der Waals surface area contributed by atoms with Gasteiger partial charge in [0.25, 0.3) is 0 Å². The number of nitrogens with zero attached hydrogens (tertiary/aromatic N) is 2. The molecule has 0 bridgehead atoms. The Hall–Kier alpha value is -3.22. The summed E-state index contributed by atoms with van der Waals surface area (Å²) in [4.78, 5) is 12.0. The fourth-order valence-corrected chi connectivity index (χ4v) is 2.47. The smallest absolute Gasteiger partial charge is 0.361 e. The quantitative estimate of drug-likeness (QED) is 0.719. The number of esters is 1. The summed E-state index contributed by atoms with van der Waals surface area (Å²) in [7, 11) is 1.42. The van der Waals surface area contributed by atoms with Gasteiger partial charge in [-0.05, 0) is 36.2 Å². The molecule has 0 aliphatic carbocycles. The summed E-state index contributed by atoms with van der Waals surface area (Å²) in [5.41, 5.74) is 2.62. The third kappa shape index (κ3) is 3.35. The molecule has 0 saturated carbocycles. The second-order valence-corrected chi connectivity index (χ2v) is 5.17. The van der Waals surface area contributed by atoms with Crippen LogP contribution in [-0.2, 0) is 4.74 Å². The maximum atomic E-state index is 14.0. The first-order chi connectivity index (χ1) is 12.1. The summed E-state index contributed by atoms with van der Waals surface area (Å²) in [5.74, 6) is -0.813. The Kier molecular flexibility index (Phi) is 4.74. The van der Waals surface area contributed by atoms with Crippen molar-refractivity contribution in [2.24, 2.45) is 0 Å². The summed E-state index contributed by atoms with van der Waals surface area (Å²) in [5, 5.41) is 10.3. The van der Waals surface area contributed by atoms with Crippen LogP contribution in [0, 0.1) is 5.82 Å². The first-order valence-electron chi connectivity index (χ1n) is 7.66. The average Bonchev–Trinajstić information content (AvgIpc) is 3.12. The lowest BCUT2D eigenvalue weighted by molar-refractivity contribution is 0.0520. The zero-order chi connectivity index (χ0) is 17.8. The van der Waals surface area contributed by atoms with Gasteiger partial charge in [0.1, 0.15) is 5.69 Å². The van der Waals surface area contributed by atoms with Crippen molar-refractivity contribution in [3.8, 4) is 28.1 Å². The fourth-order valence-electron chi connectivity index (χ4n) is 2.47. The van der Waals surface area contributed by atoms with Crippen molar-refractivity contribution in [2.45, 2.75) is 6.92 Å². The van der Waals surface area contributed by atoms with Crippen LogP contribution >= 0.6 is 0 Å². The summed E-state index contributed by atoms with van der Waals surface area (Å²) in [6.07, 6.45) is 0. The molecule has 0 fully saturated rings. The number of carbonyl (C=O) groups excluding carboxylic acids is 1. The van der Waals surface area contributed by atoms with Crippen molar-refractivity contribution in [3.63, 3.8) is 0 Å². The maximum absolute atomic E-state index is 14.0. The van der Waals surface area contributed by atoms with Crippen LogP contribution in [0.15, 0.2) is 42.5 Å². The van der Waals surface area contributed by atoms with E-state index in [1.807, 2.05) is 12.1 Å². The Bertz CT molecular complexity index is 908. The molecule has 0 unspecified atom stereocenters. The van der Waals surface area contributed by atoms with Gasteiger partial charge in [0.2, 0.25) is 0 Å². The molecule has 0 aliphatic heterocycles. The molecule has 0 saturated heterocycles. The summed E-state index contributed by atoms with van der Waals surface area (Å²) in [6, 6.07) is 12.0. The minimum absolute atomic E-state index is 0.111. The fraction of sp³-hybridized carbons (Fsp3) is 0.167. The predicted molar refractivity (Wildman–Crippen MR) is 89.7 cm³/mol. The Balaban J connectivity index is 1.99. The third-order valence-corrected chi connectivity index (χ3v) is 3.64. The van der Waals surface area contributed by atoms with Crippen molar-refractivity contribution in [1.82, 2.24) is 15.4 Å². The molecule has 1 heterocycles. The Labute approximate surface area is 143 Å². The SMILES string of the molecule is CCOC(=O)c1n[nH]nc1-c1cccc(-c2ccc(OC)c(F)c2)c1. The van der Waals surface area contributed by atoms with Gasteiger partial charge in [0.05, 0.1) is 13.7 Å². The van der Waals surface area contributed by atoms with Gasteiger partial charge in [-0.3, -0.25) is 0 Å². The summed E-state index contributed by atoms with van der Waals surface area (Å²) < 4.78 is 23.9. The van der Waals surface area contributed by atoms with Crippen LogP contribution in [0.1, 0.15) is 17.4 Å². The summed E-state index contributed by atoms with van der Waals surface area (Å²) in [6.45, 7) is 1.97. The molecule has 7 heteroatoms. The largest absolute Gasteiger partial charge is 0.494 e. The van der Waals surface area contributed by atoms with E-state index in [-0.39, 0.29) is 18.1 Å². The number of benzene rings is 2. The molecular formula is C18H16FN3O3. The molecule has 6 nitrogen and oxygen atoms in total. The van der Waals surface area contributed by atoms with Gasteiger partial charge in [-0.25, -0.2) is 9.18 Å². The Morgan fingerprint density at radius 1 is 1.12 bits per heavy atom. The molecule has 0 amide bonds. The zero-order valence-electron chi connectivity index (χ0n) is 13.7. The highest BCUT2D eigenvalue weighted by Crippen LogP contribution is 2.29. The van der Waals surface area contributed by atoms with Gasteiger partial charge >= 0.3 is 5.97 Å². The standard InChI is InChI=1S/C18H16FN3O3/c1-3-25-18(23)17-16(20-22-21-17)13-6-4-5-11(9-13)12-7-8-15(24-2)14(19)10-12/h4-10H,3H2,1-2H3,(H,20,21,22). The molecule has 0 aliphatic rings. The van der Waals surface area contributed by atoms with Gasteiger partial charge in [-0.15, -0.1) is 5.10 Å². The number of rotatable bonds is 5. The summed E-state index contributed by atoms with van der Waals surface area (Å²) >= 11 is 0. The van der Waals surface area contributed by atoms with E-state index in [0.29, 0.717) is 16.8 Å². The van der Waals surface area contributed by atoms with Crippen molar-refractivity contribution >= 4 is 5.97 Å². The van der Waals surface area contributed by atoms with Gasteiger partial charge in [-0.2, -0.15) is 10.3 Å². The number of hydrogen-bond acceptors (Lipinski definition) is 5. The van der Waals surface area contributed by atoms with Crippen LogP contribution < -0.4 is 4.74 Å². The van der Waals surface area contributed by atoms with E-state index in [9.17, 15) is 9.18 Å². The molecule has 0 atom stereocenters. The van der Waals surface area contributed by atoms with Crippen molar-refractivity contribution < 1.29 is 18.7 Å². The van der Waals surface area contributed by atoms with E-state index in [1.165, 1.54) is 13.2 Å². The first kappa shape index (κ1) is 16.6. The van der Waals surface area contributed by atoms with Crippen LogP contribution in [-0.4, -0.2) is 35.1 Å². The minimum atomic E-state index is -0.549. The third-order valence-electron chi connectivity index (χ3n) is 3.64. The highest BCUT2D eigenvalue weighted by Gasteiger charge is 2.19. The van der Waals surface area contributed by atoms with Crippen LogP contribution in [0.4, 0.5) is 4.39 Å². The van der Waals surface area contributed by atoms with Crippen molar-refractivity contribution in [1.29, 1.82) is 0 Å². The monoisotopic (exact) mass is 341 g/mol. The van der Waals surface area contributed by atoms with Crippen LogP contribution in [0.2, 0.25) is 0 Å². The molecule has 25 heavy (non-hydrogen) atoms. The van der Waals surface area contributed by atoms with E-state index in [2.05, 4.69) is 15.4 Å². The number of methoxy groups -OCH3 is 1. The van der Waals surface area contributed by atoms with Crippen molar-refractivity contribution in [2.75, 3.05) is 13.7 Å². The Morgan fingerprint density at radius 3 is 2.60 bits per heavy atom. The maximum Gasteiger partial charge on any atom is 0.361 e. The first-order valence-corrected chi connectivity index (χ1v) is 7.66. The van der Waals surface area contributed by atoms with E-state index < -0.39 is 11.8 Å².